The summed E-state index contributed by atoms with van der Waals surface area (Å²) < 4.78 is 0.839. The van der Waals surface area contributed by atoms with Crippen molar-refractivity contribution in [3.8, 4) is 5.88 Å². The van der Waals surface area contributed by atoms with Crippen LogP contribution in [-0.4, -0.2) is 31.8 Å². The molecule has 1 amide bonds. The molecule has 0 fully saturated rings. The van der Waals surface area contributed by atoms with Gasteiger partial charge in [0.15, 0.2) is 0 Å². The summed E-state index contributed by atoms with van der Waals surface area (Å²) in [4.78, 5) is 40.2. The van der Waals surface area contributed by atoms with Crippen LogP contribution in [0.2, 0.25) is 0 Å². The van der Waals surface area contributed by atoms with Crippen LogP contribution in [0.15, 0.2) is 39.2 Å². The summed E-state index contributed by atoms with van der Waals surface area (Å²) in [5, 5.41) is 13.2. The van der Waals surface area contributed by atoms with Gasteiger partial charge in [-0.25, -0.2) is 10.2 Å². The van der Waals surface area contributed by atoms with Crippen molar-refractivity contribution in [1.29, 1.82) is 0 Å². The van der Waals surface area contributed by atoms with Crippen LogP contribution in [0.1, 0.15) is 15.9 Å². The van der Waals surface area contributed by atoms with Crippen LogP contribution in [0.5, 0.6) is 5.88 Å². The molecule has 0 aliphatic carbocycles. The summed E-state index contributed by atoms with van der Waals surface area (Å²) in [5.74, 6) is -1.08. The Bertz CT molecular complexity index is 807. The monoisotopic (exact) mass is 289 g/mol. The fraction of sp³-hybridized carbons (Fsp3) is 0.0833. The molecule has 0 spiro atoms. The molecule has 0 atom stereocenters. The molecule has 0 unspecified atom stereocenters. The molecule has 2 aromatic heterocycles. The molecule has 0 bridgehead atoms. The van der Waals surface area contributed by atoms with Crippen molar-refractivity contribution in [3.63, 3.8) is 0 Å². The number of nitrogens with zero attached hydrogens (tertiary/aromatic N) is 3. The van der Waals surface area contributed by atoms with Crippen molar-refractivity contribution in [3.05, 3.63) is 56.5 Å². The van der Waals surface area contributed by atoms with Gasteiger partial charge >= 0.3 is 5.69 Å². The Labute approximate surface area is 117 Å². The molecule has 108 valence electrons. The molecule has 21 heavy (non-hydrogen) atoms. The molecule has 0 aliphatic rings. The Balaban J connectivity index is 2.20. The molecule has 2 aromatic rings. The van der Waals surface area contributed by atoms with E-state index in [0.717, 1.165) is 10.8 Å². The topological polar surface area (TPSA) is 129 Å². The number of aromatic nitrogens is 3. The highest BCUT2D eigenvalue weighted by atomic mass is 16.3. The van der Waals surface area contributed by atoms with E-state index in [4.69, 9.17) is 0 Å². The number of carbonyl (C=O) groups is 1. The molecule has 0 saturated heterocycles. The zero-order chi connectivity index (χ0) is 15.4. The van der Waals surface area contributed by atoms with E-state index in [0.29, 0.717) is 0 Å². The highest BCUT2D eigenvalue weighted by molar-refractivity contribution is 5.94. The summed E-state index contributed by atoms with van der Waals surface area (Å²) in [6.45, 7) is 0. The summed E-state index contributed by atoms with van der Waals surface area (Å²) in [6, 6.07) is 3.12. The number of amides is 1. The van der Waals surface area contributed by atoms with Gasteiger partial charge in [0.1, 0.15) is 5.56 Å². The number of aromatic hydroxyl groups is 1. The number of carbonyl (C=O) groups excluding carboxylic acids is 1. The fourth-order valence-electron chi connectivity index (χ4n) is 1.46. The van der Waals surface area contributed by atoms with Gasteiger partial charge in [-0.1, -0.05) is 0 Å². The third kappa shape index (κ3) is 3.03. The Kier molecular flexibility index (Phi) is 3.93. The Morgan fingerprint density at radius 3 is 2.95 bits per heavy atom. The van der Waals surface area contributed by atoms with E-state index < -0.39 is 23.0 Å². The van der Waals surface area contributed by atoms with Crippen molar-refractivity contribution in [2.45, 2.75) is 0 Å². The van der Waals surface area contributed by atoms with Crippen molar-refractivity contribution in [1.82, 2.24) is 20.0 Å². The van der Waals surface area contributed by atoms with Gasteiger partial charge in [-0.2, -0.15) is 5.10 Å². The molecule has 2 rings (SSSR count). The maximum absolute atomic E-state index is 11.7. The average molecular weight is 289 g/mol. The van der Waals surface area contributed by atoms with Gasteiger partial charge < -0.3 is 5.11 Å². The average Bonchev–Trinajstić information content (AvgIpc) is 2.49. The van der Waals surface area contributed by atoms with Gasteiger partial charge in [0.2, 0.25) is 5.88 Å². The van der Waals surface area contributed by atoms with Crippen LogP contribution in [0, 0.1) is 0 Å². The standard InChI is InChI=1S/C12H11N5O4/c1-17-11(20)8(10(19)15-12(17)21)6-14-16-9(18)7-3-2-4-13-5-7/h2-6,20H,1H3,(H,16,18)(H,15,19,21)/b14-6+. The molecule has 2 heterocycles. The third-order valence-corrected chi connectivity index (χ3v) is 2.61. The number of rotatable bonds is 3. The van der Waals surface area contributed by atoms with E-state index in [-0.39, 0.29) is 11.1 Å². The van der Waals surface area contributed by atoms with E-state index in [2.05, 4.69) is 15.5 Å². The normalized spacial score (nSPS) is 10.7. The molecule has 9 nitrogen and oxygen atoms in total. The fourth-order valence-corrected chi connectivity index (χ4v) is 1.46. The quantitative estimate of drug-likeness (QED) is 0.490. The number of H-pyrrole nitrogens is 1. The molecule has 9 heteroatoms. The molecular formula is C12H11N5O4. The molecule has 0 saturated carbocycles. The van der Waals surface area contributed by atoms with Gasteiger partial charge in [0, 0.05) is 19.4 Å². The first-order valence-electron chi connectivity index (χ1n) is 5.76. The van der Waals surface area contributed by atoms with Gasteiger partial charge in [0.05, 0.1) is 11.8 Å². The van der Waals surface area contributed by atoms with E-state index in [1.54, 1.807) is 6.07 Å². The lowest BCUT2D eigenvalue weighted by Crippen LogP contribution is -2.30. The zero-order valence-electron chi connectivity index (χ0n) is 10.9. The van der Waals surface area contributed by atoms with Gasteiger partial charge in [-0.05, 0) is 12.1 Å². The predicted molar refractivity (Wildman–Crippen MR) is 73.3 cm³/mol. The molecule has 3 N–H and O–H groups in total. The Morgan fingerprint density at radius 1 is 1.52 bits per heavy atom. The third-order valence-electron chi connectivity index (χ3n) is 2.61. The van der Waals surface area contributed by atoms with E-state index in [9.17, 15) is 19.5 Å². The van der Waals surface area contributed by atoms with E-state index >= 15 is 0 Å². The number of hydrogen-bond donors (Lipinski definition) is 3. The minimum Gasteiger partial charge on any atom is -0.494 e. The first-order valence-corrected chi connectivity index (χ1v) is 5.76. The molecule has 0 radical (unpaired) electrons. The Hall–Kier alpha value is -3.23. The number of nitrogens with one attached hydrogen (secondary N) is 2. The minimum atomic E-state index is -0.810. The number of aromatic amines is 1. The Morgan fingerprint density at radius 2 is 2.29 bits per heavy atom. The predicted octanol–water partition coefficient (Wildman–Crippen LogP) is -1.06. The summed E-state index contributed by atoms with van der Waals surface area (Å²) >= 11 is 0. The number of hydrogen-bond acceptors (Lipinski definition) is 6. The van der Waals surface area contributed by atoms with Gasteiger partial charge in [0.25, 0.3) is 11.5 Å². The summed E-state index contributed by atoms with van der Waals surface area (Å²) in [6.07, 6.45) is 3.81. The highest BCUT2D eigenvalue weighted by Gasteiger charge is 2.10. The van der Waals surface area contributed by atoms with Crippen molar-refractivity contribution in [2.24, 2.45) is 12.1 Å². The van der Waals surface area contributed by atoms with E-state index in [1.807, 2.05) is 4.98 Å². The van der Waals surface area contributed by atoms with Crippen LogP contribution < -0.4 is 16.7 Å². The number of hydrazone groups is 1. The second-order valence-corrected chi connectivity index (χ2v) is 4.00. The van der Waals surface area contributed by atoms with Crippen molar-refractivity contribution >= 4 is 12.1 Å². The lowest BCUT2D eigenvalue weighted by atomic mass is 10.3. The lowest BCUT2D eigenvalue weighted by Gasteiger charge is -2.03. The minimum absolute atomic E-state index is 0.247. The maximum Gasteiger partial charge on any atom is 0.330 e. The van der Waals surface area contributed by atoms with Crippen LogP contribution in [0.4, 0.5) is 0 Å². The molecule has 0 aliphatic heterocycles. The van der Waals surface area contributed by atoms with Crippen LogP contribution >= 0.6 is 0 Å². The second-order valence-electron chi connectivity index (χ2n) is 4.00. The van der Waals surface area contributed by atoms with Gasteiger partial charge in [-0.15, -0.1) is 0 Å². The lowest BCUT2D eigenvalue weighted by molar-refractivity contribution is 0.0954. The summed E-state index contributed by atoms with van der Waals surface area (Å²) in [5.41, 5.74) is 0.648. The first-order chi connectivity index (χ1) is 10.0. The van der Waals surface area contributed by atoms with Crippen LogP contribution in [-0.2, 0) is 7.05 Å². The molecule has 0 aromatic carbocycles. The molecular weight excluding hydrogens is 278 g/mol. The van der Waals surface area contributed by atoms with Crippen LogP contribution in [0.3, 0.4) is 0 Å². The zero-order valence-corrected chi connectivity index (χ0v) is 10.9. The first kappa shape index (κ1) is 14.2. The number of pyridine rings is 1. The highest BCUT2D eigenvalue weighted by Crippen LogP contribution is 2.04. The van der Waals surface area contributed by atoms with Crippen LogP contribution in [0.25, 0.3) is 0 Å². The maximum atomic E-state index is 11.7. The smallest absolute Gasteiger partial charge is 0.330 e. The summed E-state index contributed by atoms with van der Waals surface area (Å²) in [7, 11) is 1.28. The van der Waals surface area contributed by atoms with Gasteiger partial charge in [-0.3, -0.25) is 24.1 Å². The SMILES string of the molecule is Cn1c(O)c(/C=N/NC(=O)c2cccnc2)c(=O)[nH]c1=O. The van der Waals surface area contributed by atoms with Crippen molar-refractivity contribution in [2.75, 3.05) is 0 Å². The van der Waals surface area contributed by atoms with E-state index in [1.165, 1.54) is 25.5 Å². The second kappa shape index (κ2) is 5.82. The van der Waals surface area contributed by atoms with Crippen molar-refractivity contribution < 1.29 is 9.90 Å². The largest absolute Gasteiger partial charge is 0.494 e.